The zero-order chi connectivity index (χ0) is 17.6. The zero-order valence-electron chi connectivity index (χ0n) is 15.9. The van der Waals surface area contributed by atoms with Gasteiger partial charge in [0.2, 0.25) is 0 Å². The molecule has 0 bridgehead atoms. The normalized spacial score (nSPS) is 39.8. The lowest BCUT2D eigenvalue weighted by atomic mass is 9.65. The Morgan fingerprint density at radius 2 is 1.12 bits per heavy atom. The predicted molar refractivity (Wildman–Crippen MR) is 98.6 cm³/mol. The molecule has 3 aliphatic carbocycles. The van der Waals surface area contributed by atoms with E-state index in [9.17, 15) is 8.78 Å². The molecule has 0 heterocycles. The Morgan fingerprint density at radius 3 is 1.52 bits per heavy atom. The molecule has 3 aliphatic rings. The lowest BCUT2D eigenvalue weighted by Gasteiger charge is -2.41. The SMILES string of the molecule is CCOC1CCC(C2CCC(C3CCC(C=C(F)F)CC3)CC2)CC1. The van der Waals surface area contributed by atoms with Gasteiger partial charge in [-0.25, -0.2) is 0 Å². The second-order valence-electron chi connectivity index (χ2n) is 8.80. The van der Waals surface area contributed by atoms with E-state index in [2.05, 4.69) is 6.92 Å². The number of halogens is 2. The average Bonchev–Trinajstić information content (AvgIpc) is 2.63. The van der Waals surface area contributed by atoms with Crippen molar-refractivity contribution in [2.24, 2.45) is 29.6 Å². The van der Waals surface area contributed by atoms with E-state index in [0.29, 0.717) is 6.10 Å². The molecule has 0 aromatic heterocycles. The minimum Gasteiger partial charge on any atom is -0.379 e. The molecule has 0 unspecified atom stereocenters. The molecule has 0 radical (unpaired) electrons. The van der Waals surface area contributed by atoms with E-state index in [1.54, 1.807) is 0 Å². The largest absolute Gasteiger partial charge is 0.379 e. The zero-order valence-corrected chi connectivity index (χ0v) is 15.9. The van der Waals surface area contributed by atoms with Crippen LogP contribution in [0.25, 0.3) is 0 Å². The van der Waals surface area contributed by atoms with E-state index < -0.39 is 6.08 Å². The first-order valence-electron chi connectivity index (χ1n) is 10.8. The minimum atomic E-state index is -1.48. The van der Waals surface area contributed by atoms with Gasteiger partial charge in [0.05, 0.1) is 6.10 Å². The van der Waals surface area contributed by atoms with Crippen molar-refractivity contribution in [1.82, 2.24) is 0 Å². The summed E-state index contributed by atoms with van der Waals surface area (Å²) in [5.74, 6) is 3.70. The van der Waals surface area contributed by atoms with E-state index in [1.165, 1.54) is 70.3 Å². The molecule has 25 heavy (non-hydrogen) atoms. The van der Waals surface area contributed by atoms with Crippen LogP contribution in [0.1, 0.15) is 84.0 Å². The predicted octanol–water partition coefficient (Wildman–Crippen LogP) is 6.97. The number of rotatable bonds is 5. The average molecular weight is 355 g/mol. The Labute approximate surface area is 152 Å². The van der Waals surface area contributed by atoms with Crippen LogP contribution in [0.4, 0.5) is 8.78 Å². The first-order chi connectivity index (χ1) is 12.2. The summed E-state index contributed by atoms with van der Waals surface area (Å²) in [7, 11) is 0. The van der Waals surface area contributed by atoms with Crippen molar-refractivity contribution in [3.05, 3.63) is 12.2 Å². The van der Waals surface area contributed by atoms with Crippen LogP contribution in [0, 0.1) is 29.6 Å². The van der Waals surface area contributed by atoms with Gasteiger partial charge in [0, 0.05) is 6.61 Å². The summed E-state index contributed by atoms with van der Waals surface area (Å²) in [4.78, 5) is 0. The molecule has 3 fully saturated rings. The van der Waals surface area contributed by atoms with Gasteiger partial charge < -0.3 is 4.74 Å². The van der Waals surface area contributed by atoms with Crippen molar-refractivity contribution in [2.75, 3.05) is 6.61 Å². The van der Waals surface area contributed by atoms with Gasteiger partial charge in [-0.05, 0) is 120 Å². The van der Waals surface area contributed by atoms with E-state index in [-0.39, 0.29) is 5.92 Å². The first kappa shape index (κ1) is 19.3. The third kappa shape index (κ3) is 5.52. The number of ether oxygens (including phenoxy) is 1. The van der Waals surface area contributed by atoms with Crippen molar-refractivity contribution in [3.8, 4) is 0 Å². The fourth-order valence-corrected chi connectivity index (χ4v) is 6.01. The second kappa shape index (κ2) is 9.48. The van der Waals surface area contributed by atoms with Crippen LogP contribution in [0.3, 0.4) is 0 Å². The lowest BCUT2D eigenvalue weighted by Crippen LogP contribution is -2.31. The highest BCUT2D eigenvalue weighted by Crippen LogP contribution is 2.45. The van der Waals surface area contributed by atoms with Crippen LogP contribution in [-0.4, -0.2) is 12.7 Å². The summed E-state index contributed by atoms with van der Waals surface area (Å²) >= 11 is 0. The molecule has 3 heteroatoms. The van der Waals surface area contributed by atoms with Gasteiger partial charge >= 0.3 is 0 Å². The molecule has 0 atom stereocenters. The molecule has 0 amide bonds. The Hall–Kier alpha value is -0.440. The summed E-state index contributed by atoms with van der Waals surface area (Å²) in [6.07, 6.45) is 15.4. The highest BCUT2D eigenvalue weighted by atomic mass is 19.3. The fourth-order valence-electron chi connectivity index (χ4n) is 6.01. The van der Waals surface area contributed by atoms with Gasteiger partial charge in [0.15, 0.2) is 0 Å². The Balaban J connectivity index is 1.37. The molecule has 1 nitrogen and oxygen atoms in total. The molecule has 144 valence electrons. The Kier molecular flexibility index (Phi) is 7.33. The van der Waals surface area contributed by atoms with E-state index >= 15 is 0 Å². The fraction of sp³-hybridized carbons (Fsp3) is 0.909. The molecule has 0 spiro atoms. The maximum atomic E-state index is 12.4. The van der Waals surface area contributed by atoms with Gasteiger partial charge in [0.25, 0.3) is 6.08 Å². The number of hydrogen-bond acceptors (Lipinski definition) is 1. The van der Waals surface area contributed by atoms with Crippen molar-refractivity contribution in [2.45, 2.75) is 90.1 Å². The van der Waals surface area contributed by atoms with Crippen LogP contribution < -0.4 is 0 Å². The quantitative estimate of drug-likeness (QED) is 0.518. The lowest BCUT2D eigenvalue weighted by molar-refractivity contribution is 0.0117. The summed E-state index contributed by atoms with van der Waals surface area (Å²) in [5.41, 5.74) is 0. The van der Waals surface area contributed by atoms with E-state index in [4.69, 9.17) is 4.74 Å². The van der Waals surface area contributed by atoms with Crippen LogP contribution in [0.5, 0.6) is 0 Å². The maximum absolute atomic E-state index is 12.4. The van der Waals surface area contributed by atoms with Crippen molar-refractivity contribution >= 4 is 0 Å². The molecule has 0 aromatic carbocycles. The molecule has 0 aliphatic heterocycles. The second-order valence-corrected chi connectivity index (χ2v) is 8.80. The maximum Gasteiger partial charge on any atom is 0.266 e. The Bertz CT molecular complexity index is 408. The topological polar surface area (TPSA) is 9.23 Å². The van der Waals surface area contributed by atoms with E-state index in [1.807, 2.05) is 0 Å². The standard InChI is InChI=1S/C22H36F2O/c1-2-25-21-13-11-20(12-14-21)19-9-7-18(8-10-19)17-5-3-16(4-6-17)15-22(23)24/h15-21H,2-14H2,1H3. The smallest absolute Gasteiger partial charge is 0.266 e. The molecule has 3 rings (SSSR count). The molecule has 3 saturated carbocycles. The molecular weight excluding hydrogens is 318 g/mol. The summed E-state index contributed by atoms with van der Waals surface area (Å²) in [6.45, 7) is 2.96. The first-order valence-corrected chi connectivity index (χ1v) is 10.8. The van der Waals surface area contributed by atoms with Crippen LogP contribution in [0.15, 0.2) is 12.2 Å². The Morgan fingerprint density at radius 1 is 0.720 bits per heavy atom. The van der Waals surface area contributed by atoms with Crippen LogP contribution >= 0.6 is 0 Å². The summed E-state index contributed by atoms with van der Waals surface area (Å²) < 4.78 is 30.6. The third-order valence-corrected chi connectivity index (χ3v) is 7.45. The van der Waals surface area contributed by atoms with Crippen molar-refractivity contribution < 1.29 is 13.5 Å². The van der Waals surface area contributed by atoms with Gasteiger partial charge in [-0.2, -0.15) is 8.78 Å². The monoisotopic (exact) mass is 354 g/mol. The molecule has 0 N–H and O–H groups in total. The van der Waals surface area contributed by atoms with Crippen LogP contribution in [-0.2, 0) is 4.74 Å². The summed E-state index contributed by atoms with van der Waals surface area (Å²) in [6, 6.07) is 0. The minimum absolute atomic E-state index is 0.137. The number of hydrogen-bond donors (Lipinski definition) is 0. The van der Waals surface area contributed by atoms with Gasteiger partial charge in [-0.3, -0.25) is 0 Å². The van der Waals surface area contributed by atoms with Gasteiger partial charge in [0.1, 0.15) is 0 Å². The number of allylic oxidation sites excluding steroid dienone is 1. The molecular formula is C22H36F2O. The van der Waals surface area contributed by atoms with Gasteiger partial charge in [-0.1, -0.05) is 0 Å². The highest BCUT2D eigenvalue weighted by Gasteiger charge is 2.34. The third-order valence-electron chi connectivity index (χ3n) is 7.45. The highest BCUT2D eigenvalue weighted by molar-refractivity contribution is 4.92. The molecule has 0 aromatic rings. The van der Waals surface area contributed by atoms with Crippen molar-refractivity contribution in [3.63, 3.8) is 0 Å². The molecule has 0 saturated heterocycles. The van der Waals surface area contributed by atoms with Crippen molar-refractivity contribution in [1.29, 1.82) is 0 Å². The van der Waals surface area contributed by atoms with Crippen LogP contribution in [0.2, 0.25) is 0 Å². The van der Waals surface area contributed by atoms with Gasteiger partial charge in [-0.15, -0.1) is 0 Å². The summed E-state index contributed by atoms with van der Waals surface area (Å²) in [5, 5.41) is 0. The van der Waals surface area contributed by atoms with E-state index in [0.717, 1.165) is 43.1 Å².